The highest BCUT2D eigenvalue weighted by molar-refractivity contribution is 7.98. The third-order valence-electron chi connectivity index (χ3n) is 4.79. The Kier molecular flexibility index (Phi) is 5.44. The largest absolute Gasteiger partial charge is 0.343 e. The van der Waals surface area contributed by atoms with Crippen molar-refractivity contribution in [3.63, 3.8) is 0 Å². The van der Waals surface area contributed by atoms with Crippen LogP contribution in [-0.2, 0) is 16.6 Å². The summed E-state index contributed by atoms with van der Waals surface area (Å²) in [4.78, 5) is 14.8. The molecule has 1 aliphatic rings. The molecule has 160 valence electrons. The van der Waals surface area contributed by atoms with Gasteiger partial charge < -0.3 is 0 Å². The standard InChI is InChI=1S/C21H15F3N2O3S2/c1-30-15-6-4-5-14(11-15)26-21(27)25(12-16-17(23)9-13(22)10-18(16)24)19-7-2-3-8-20(19)31(26,28)29/h2-11H,12H2,1H3. The monoisotopic (exact) mass is 464 g/mol. The molecule has 3 aromatic rings. The van der Waals surface area contributed by atoms with Gasteiger partial charge in [-0.05, 0) is 36.6 Å². The molecule has 0 bridgehead atoms. The zero-order chi connectivity index (χ0) is 22.3. The molecule has 2 amide bonds. The van der Waals surface area contributed by atoms with Crippen LogP contribution in [0, 0.1) is 17.5 Å². The third-order valence-corrected chi connectivity index (χ3v) is 7.26. The van der Waals surface area contributed by atoms with Gasteiger partial charge in [0.1, 0.15) is 22.3 Å². The summed E-state index contributed by atoms with van der Waals surface area (Å²) >= 11 is 1.36. The fraction of sp³-hybridized carbons (Fsp3) is 0.0952. The number of sulfonamides is 1. The van der Waals surface area contributed by atoms with Gasteiger partial charge >= 0.3 is 6.03 Å². The van der Waals surface area contributed by atoms with E-state index in [4.69, 9.17) is 0 Å². The second kappa shape index (κ2) is 7.93. The minimum absolute atomic E-state index is 0.0205. The molecule has 10 heteroatoms. The number of hydrogen-bond acceptors (Lipinski definition) is 4. The lowest BCUT2D eigenvalue weighted by Crippen LogP contribution is -2.50. The van der Waals surface area contributed by atoms with E-state index < -0.39 is 45.6 Å². The number of halogens is 3. The average Bonchev–Trinajstić information content (AvgIpc) is 2.72. The topological polar surface area (TPSA) is 57.7 Å². The highest BCUT2D eigenvalue weighted by Gasteiger charge is 2.43. The Morgan fingerprint density at radius 2 is 1.61 bits per heavy atom. The molecule has 1 aliphatic heterocycles. The van der Waals surface area contributed by atoms with Gasteiger partial charge in [-0.25, -0.2) is 26.4 Å². The first kappa shape index (κ1) is 21.3. The maximum absolute atomic E-state index is 14.3. The van der Waals surface area contributed by atoms with E-state index in [0.717, 1.165) is 9.80 Å². The predicted octanol–water partition coefficient (Wildman–Crippen LogP) is 5.16. The molecule has 0 fully saturated rings. The van der Waals surface area contributed by atoms with Crippen LogP contribution in [0.15, 0.2) is 70.5 Å². The number of nitrogens with zero attached hydrogens (tertiary/aromatic N) is 2. The number of hydrogen-bond donors (Lipinski definition) is 0. The van der Waals surface area contributed by atoms with E-state index in [9.17, 15) is 26.4 Å². The molecule has 0 aromatic heterocycles. The lowest BCUT2D eigenvalue weighted by molar-refractivity contribution is 0.253. The zero-order valence-electron chi connectivity index (χ0n) is 16.1. The van der Waals surface area contributed by atoms with E-state index in [2.05, 4.69) is 0 Å². The highest BCUT2D eigenvalue weighted by Crippen LogP contribution is 2.39. The molecule has 0 unspecified atom stereocenters. The van der Waals surface area contributed by atoms with Crippen molar-refractivity contribution in [2.45, 2.75) is 16.3 Å². The minimum atomic E-state index is -4.28. The molecule has 3 aromatic carbocycles. The summed E-state index contributed by atoms with van der Waals surface area (Å²) in [7, 11) is -4.28. The number of anilines is 2. The first-order valence-corrected chi connectivity index (χ1v) is 11.6. The van der Waals surface area contributed by atoms with Crippen molar-refractivity contribution in [1.82, 2.24) is 0 Å². The van der Waals surface area contributed by atoms with Crippen molar-refractivity contribution < 1.29 is 26.4 Å². The first-order chi connectivity index (χ1) is 14.7. The fourth-order valence-corrected chi connectivity index (χ4v) is 5.37. The molecular weight excluding hydrogens is 449 g/mol. The molecule has 0 N–H and O–H groups in total. The Morgan fingerprint density at radius 1 is 0.935 bits per heavy atom. The summed E-state index contributed by atoms with van der Waals surface area (Å²) in [6.45, 7) is -0.623. The van der Waals surface area contributed by atoms with Crippen molar-refractivity contribution in [2.24, 2.45) is 0 Å². The van der Waals surface area contributed by atoms with Crippen LogP contribution >= 0.6 is 11.8 Å². The van der Waals surface area contributed by atoms with Crippen LogP contribution in [0.1, 0.15) is 5.56 Å². The Labute approximate surface area is 181 Å². The van der Waals surface area contributed by atoms with E-state index >= 15 is 0 Å². The van der Waals surface area contributed by atoms with Gasteiger partial charge in [-0.15, -0.1) is 11.8 Å². The second-order valence-electron chi connectivity index (χ2n) is 6.66. The molecule has 0 radical (unpaired) electrons. The number of rotatable bonds is 4. The van der Waals surface area contributed by atoms with Crippen molar-refractivity contribution >= 4 is 39.2 Å². The Bertz CT molecular complexity index is 1280. The van der Waals surface area contributed by atoms with Crippen molar-refractivity contribution in [3.05, 3.63) is 83.7 Å². The summed E-state index contributed by atoms with van der Waals surface area (Å²) < 4.78 is 69.0. The molecule has 31 heavy (non-hydrogen) atoms. The van der Waals surface area contributed by atoms with Crippen LogP contribution in [0.25, 0.3) is 0 Å². The number of urea groups is 1. The van der Waals surface area contributed by atoms with Gasteiger partial charge in [0.15, 0.2) is 0 Å². The van der Waals surface area contributed by atoms with Crippen LogP contribution < -0.4 is 9.21 Å². The number of thioether (sulfide) groups is 1. The number of carbonyl (C=O) groups is 1. The van der Waals surface area contributed by atoms with Crippen LogP contribution in [0.4, 0.5) is 29.3 Å². The number of para-hydroxylation sites is 1. The second-order valence-corrected chi connectivity index (χ2v) is 9.29. The van der Waals surface area contributed by atoms with E-state index in [-0.39, 0.29) is 16.3 Å². The van der Waals surface area contributed by atoms with Gasteiger partial charge in [-0.3, -0.25) is 4.90 Å². The molecule has 0 saturated heterocycles. The minimum Gasteiger partial charge on any atom is -0.287 e. The third kappa shape index (κ3) is 3.66. The van der Waals surface area contributed by atoms with Gasteiger partial charge in [0, 0.05) is 22.6 Å². The SMILES string of the molecule is CSc1cccc(N2C(=O)N(Cc3c(F)cc(F)cc3F)c3ccccc3S2(=O)=O)c1. The van der Waals surface area contributed by atoms with Crippen molar-refractivity contribution in [1.29, 1.82) is 0 Å². The molecule has 0 atom stereocenters. The summed E-state index contributed by atoms with van der Waals surface area (Å²) in [5.74, 6) is -3.44. The summed E-state index contributed by atoms with van der Waals surface area (Å²) in [6, 6.07) is 12.1. The average molecular weight is 464 g/mol. The van der Waals surface area contributed by atoms with E-state index in [0.29, 0.717) is 16.4 Å². The first-order valence-electron chi connectivity index (χ1n) is 8.97. The van der Waals surface area contributed by atoms with E-state index in [1.54, 1.807) is 18.4 Å². The Morgan fingerprint density at radius 3 is 2.29 bits per heavy atom. The van der Waals surface area contributed by atoms with Gasteiger partial charge in [-0.1, -0.05) is 18.2 Å². The number of carbonyl (C=O) groups excluding carboxylic acids is 1. The number of benzene rings is 3. The summed E-state index contributed by atoms with van der Waals surface area (Å²) in [5, 5.41) is 0. The van der Waals surface area contributed by atoms with Crippen LogP contribution in [-0.4, -0.2) is 20.7 Å². The molecule has 0 aliphatic carbocycles. The highest BCUT2D eigenvalue weighted by atomic mass is 32.2. The van der Waals surface area contributed by atoms with Crippen LogP contribution in [0.2, 0.25) is 0 Å². The van der Waals surface area contributed by atoms with Gasteiger partial charge in [0.05, 0.1) is 17.9 Å². The maximum Gasteiger partial charge on any atom is 0.343 e. The Hall–Kier alpha value is -2.98. The smallest absolute Gasteiger partial charge is 0.287 e. The maximum atomic E-state index is 14.3. The van der Waals surface area contributed by atoms with E-state index in [1.807, 2.05) is 0 Å². The van der Waals surface area contributed by atoms with Gasteiger partial charge in [0.25, 0.3) is 10.0 Å². The summed E-state index contributed by atoms with van der Waals surface area (Å²) in [6.07, 6.45) is 1.80. The number of fused-ring (bicyclic) bond motifs is 1. The van der Waals surface area contributed by atoms with Gasteiger partial charge in [0.2, 0.25) is 0 Å². The zero-order valence-corrected chi connectivity index (χ0v) is 17.7. The van der Waals surface area contributed by atoms with Crippen molar-refractivity contribution in [3.8, 4) is 0 Å². The normalized spacial score (nSPS) is 15.2. The molecule has 0 saturated carbocycles. The predicted molar refractivity (Wildman–Crippen MR) is 112 cm³/mol. The lowest BCUT2D eigenvalue weighted by Gasteiger charge is -2.36. The lowest BCUT2D eigenvalue weighted by atomic mass is 10.1. The molecular formula is C21H15F3N2O3S2. The molecule has 1 heterocycles. The van der Waals surface area contributed by atoms with Crippen molar-refractivity contribution in [2.75, 3.05) is 15.5 Å². The quantitative estimate of drug-likeness (QED) is 0.501. The Balaban J connectivity index is 1.89. The number of amides is 2. The molecule has 4 rings (SSSR count). The summed E-state index contributed by atoms with van der Waals surface area (Å²) in [5.41, 5.74) is -0.481. The van der Waals surface area contributed by atoms with E-state index in [1.165, 1.54) is 48.2 Å². The van der Waals surface area contributed by atoms with Gasteiger partial charge in [-0.2, -0.15) is 4.31 Å². The fourth-order valence-electron chi connectivity index (χ4n) is 3.33. The van der Waals surface area contributed by atoms with Crippen LogP contribution in [0.3, 0.4) is 0 Å². The molecule has 0 spiro atoms. The molecule has 5 nitrogen and oxygen atoms in total. The van der Waals surface area contributed by atoms with Crippen LogP contribution in [0.5, 0.6) is 0 Å².